The smallest absolute Gasteiger partial charge is 0.186 e. The third-order valence-electron chi connectivity index (χ3n) is 2.95. The quantitative estimate of drug-likeness (QED) is 0.941. The number of hydrogen-bond donors (Lipinski definition) is 1. The van der Waals surface area contributed by atoms with Gasteiger partial charge in [-0.25, -0.2) is 9.97 Å². The van der Waals surface area contributed by atoms with E-state index in [0.717, 1.165) is 48.0 Å². The van der Waals surface area contributed by atoms with Gasteiger partial charge in [0.25, 0.3) is 0 Å². The van der Waals surface area contributed by atoms with Crippen LogP contribution < -0.4 is 10.2 Å². The van der Waals surface area contributed by atoms with Gasteiger partial charge in [-0.3, -0.25) is 0 Å². The van der Waals surface area contributed by atoms with Gasteiger partial charge in [0, 0.05) is 29.9 Å². The van der Waals surface area contributed by atoms with Gasteiger partial charge in [0.15, 0.2) is 10.3 Å². The van der Waals surface area contributed by atoms with E-state index in [1.165, 1.54) is 0 Å². The zero-order chi connectivity index (χ0) is 13.9. The second-order valence-corrected chi connectivity index (χ2v) is 6.65. The summed E-state index contributed by atoms with van der Waals surface area (Å²) in [6.07, 6.45) is 0. The van der Waals surface area contributed by atoms with Crippen molar-refractivity contribution in [3.8, 4) is 11.4 Å². The van der Waals surface area contributed by atoms with Crippen LogP contribution in [-0.2, 0) is 4.74 Å². The van der Waals surface area contributed by atoms with Crippen molar-refractivity contribution in [1.29, 1.82) is 0 Å². The van der Waals surface area contributed by atoms with Gasteiger partial charge in [-0.05, 0) is 13.8 Å². The maximum atomic E-state index is 5.37. The van der Waals surface area contributed by atoms with Crippen LogP contribution in [0.1, 0.15) is 13.8 Å². The van der Waals surface area contributed by atoms with Crippen LogP contribution in [0.5, 0.6) is 0 Å². The molecule has 0 aliphatic carbocycles. The lowest BCUT2D eigenvalue weighted by atomic mass is 10.4. The summed E-state index contributed by atoms with van der Waals surface area (Å²) in [5, 5.41) is 9.48. The lowest BCUT2D eigenvalue weighted by molar-refractivity contribution is 0.122. The highest BCUT2D eigenvalue weighted by Gasteiger charge is 2.16. The monoisotopic (exact) mass is 310 g/mol. The first-order chi connectivity index (χ1) is 9.72. The molecule has 0 saturated carbocycles. The Bertz CT molecular complexity index is 560. The molecular weight excluding hydrogens is 292 g/mol. The van der Waals surface area contributed by atoms with Crippen molar-refractivity contribution in [1.82, 2.24) is 9.97 Å². The Balaban J connectivity index is 1.74. The van der Waals surface area contributed by atoms with E-state index in [9.17, 15) is 0 Å². The van der Waals surface area contributed by atoms with E-state index in [2.05, 4.69) is 39.8 Å². The molecule has 108 valence electrons. The van der Waals surface area contributed by atoms with Gasteiger partial charge in [-0.1, -0.05) is 0 Å². The molecule has 2 aromatic rings. The third kappa shape index (κ3) is 3.11. The minimum absolute atomic E-state index is 0.397. The molecule has 1 fully saturated rings. The molecule has 0 atom stereocenters. The number of nitrogens with zero attached hydrogens (tertiary/aromatic N) is 3. The van der Waals surface area contributed by atoms with Gasteiger partial charge < -0.3 is 15.0 Å². The summed E-state index contributed by atoms with van der Waals surface area (Å²) in [5.74, 6) is 0. The number of thiazole rings is 2. The van der Waals surface area contributed by atoms with Crippen LogP contribution in [0, 0.1) is 0 Å². The van der Waals surface area contributed by atoms with Crippen LogP contribution in [0.4, 0.5) is 10.3 Å². The van der Waals surface area contributed by atoms with Crippen LogP contribution in [0.15, 0.2) is 10.8 Å². The Morgan fingerprint density at radius 2 is 1.85 bits per heavy atom. The fourth-order valence-corrected chi connectivity index (χ4v) is 3.71. The summed E-state index contributed by atoms with van der Waals surface area (Å²) >= 11 is 3.30. The molecule has 0 radical (unpaired) electrons. The van der Waals surface area contributed by atoms with E-state index in [1.807, 2.05) is 0 Å². The summed E-state index contributed by atoms with van der Waals surface area (Å²) in [4.78, 5) is 11.6. The van der Waals surface area contributed by atoms with Crippen molar-refractivity contribution in [2.75, 3.05) is 36.5 Å². The average Bonchev–Trinajstić information content (AvgIpc) is 3.07. The molecule has 3 heterocycles. The van der Waals surface area contributed by atoms with Crippen molar-refractivity contribution in [2.24, 2.45) is 0 Å². The lowest BCUT2D eigenvalue weighted by Gasteiger charge is -2.25. The van der Waals surface area contributed by atoms with Gasteiger partial charge >= 0.3 is 0 Å². The molecule has 20 heavy (non-hydrogen) atoms. The molecule has 0 aromatic carbocycles. The molecule has 0 unspecified atom stereocenters. The topological polar surface area (TPSA) is 50.3 Å². The molecule has 3 rings (SSSR count). The summed E-state index contributed by atoms with van der Waals surface area (Å²) in [6, 6.07) is 0.397. The van der Waals surface area contributed by atoms with Crippen LogP contribution in [0.3, 0.4) is 0 Å². The molecule has 5 nitrogen and oxygen atoms in total. The molecule has 0 spiro atoms. The number of rotatable bonds is 4. The summed E-state index contributed by atoms with van der Waals surface area (Å²) < 4.78 is 5.37. The predicted octanol–water partition coefficient (Wildman–Crippen LogP) is 2.92. The minimum atomic E-state index is 0.397. The molecule has 1 aliphatic heterocycles. The van der Waals surface area contributed by atoms with Crippen LogP contribution >= 0.6 is 22.7 Å². The van der Waals surface area contributed by atoms with E-state index in [-0.39, 0.29) is 0 Å². The van der Waals surface area contributed by atoms with Crippen molar-refractivity contribution >= 4 is 32.9 Å². The number of ether oxygens (including phenoxy) is 1. The maximum Gasteiger partial charge on any atom is 0.186 e. The molecule has 0 amide bonds. The van der Waals surface area contributed by atoms with E-state index in [4.69, 9.17) is 9.72 Å². The molecular formula is C13H18N4OS2. The summed E-state index contributed by atoms with van der Waals surface area (Å²) in [7, 11) is 0. The number of aromatic nitrogens is 2. The van der Waals surface area contributed by atoms with Gasteiger partial charge in [0.2, 0.25) is 0 Å². The summed E-state index contributed by atoms with van der Waals surface area (Å²) in [5.41, 5.74) is 1.92. The third-order valence-corrected chi connectivity index (χ3v) is 4.63. The number of nitrogens with one attached hydrogen (secondary N) is 1. The molecule has 0 bridgehead atoms. The average molecular weight is 310 g/mol. The Morgan fingerprint density at radius 3 is 2.60 bits per heavy atom. The van der Waals surface area contributed by atoms with E-state index >= 15 is 0 Å². The zero-order valence-electron chi connectivity index (χ0n) is 11.6. The van der Waals surface area contributed by atoms with E-state index in [0.29, 0.717) is 6.04 Å². The molecule has 7 heteroatoms. The van der Waals surface area contributed by atoms with Gasteiger partial charge in [-0.2, -0.15) is 0 Å². The number of morpholine rings is 1. The molecule has 1 aliphatic rings. The Hall–Kier alpha value is -1.18. The Morgan fingerprint density at radius 1 is 1.15 bits per heavy atom. The second-order valence-electron chi connectivity index (χ2n) is 4.95. The molecule has 1 saturated heterocycles. The zero-order valence-corrected chi connectivity index (χ0v) is 13.3. The van der Waals surface area contributed by atoms with Crippen LogP contribution in [0.25, 0.3) is 11.4 Å². The molecule has 2 aromatic heterocycles. The van der Waals surface area contributed by atoms with Crippen molar-refractivity contribution in [3.63, 3.8) is 0 Å². The highest BCUT2D eigenvalue weighted by molar-refractivity contribution is 7.14. The maximum absolute atomic E-state index is 5.37. The SMILES string of the molecule is CC(C)Nc1nc(-c2csc(N3CCOCC3)n2)cs1. The standard InChI is InChI=1S/C13H18N4OS2/c1-9(2)14-12-15-10(7-19-12)11-8-20-13(16-11)17-3-5-18-6-4-17/h7-9H,3-6H2,1-2H3,(H,14,15). The second kappa shape index (κ2) is 6.07. The van der Waals surface area contributed by atoms with E-state index < -0.39 is 0 Å². The Kier molecular flexibility index (Phi) is 4.18. The van der Waals surface area contributed by atoms with E-state index in [1.54, 1.807) is 22.7 Å². The van der Waals surface area contributed by atoms with Crippen LogP contribution in [0.2, 0.25) is 0 Å². The van der Waals surface area contributed by atoms with Crippen molar-refractivity contribution < 1.29 is 4.74 Å². The first kappa shape index (κ1) is 13.8. The fourth-order valence-electron chi connectivity index (χ4n) is 1.99. The van der Waals surface area contributed by atoms with Gasteiger partial charge in [0.1, 0.15) is 11.4 Å². The van der Waals surface area contributed by atoms with Crippen LogP contribution in [-0.4, -0.2) is 42.3 Å². The fraction of sp³-hybridized carbons (Fsp3) is 0.538. The van der Waals surface area contributed by atoms with Crippen molar-refractivity contribution in [2.45, 2.75) is 19.9 Å². The first-order valence-corrected chi connectivity index (χ1v) is 8.49. The predicted molar refractivity (Wildman–Crippen MR) is 85.0 cm³/mol. The Labute approximate surface area is 126 Å². The summed E-state index contributed by atoms with van der Waals surface area (Å²) in [6.45, 7) is 7.64. The minimum Gasteiger partial charge on any atom is -0.378 e. The first-order valence-electron chi connectivity index (χ1n) is 6.73. The number of anilines is 2. The number of hydrogen-bond acceptors (Lipinski definition) is 7. The largest absolute Gasteiger partial charge is 0.378 e. The normalized spacial score (nSPS) is 15.8. The molecule has 1 N–H and O–H groups in total. The lowest BCUT2D eigenvalue weighted by Crippen LogP contribution is -2.36. The highest BCUT2D eigenvalue weighted by atomic mass is 32.1. The highest BCUT2D eigenvalue weighted by Crippen LogP contribution is 2.30. The van der Waals surface area contributed by atoms with Gasteiger partial charge in [-0.15, -0.1) is 22.7 Å². The van der Waals surface area contributed by atoms with Crippen molar-refractivity contribution in [3.05, 3.63) is 10.8 Å². The van der Waals surface area contributed by atoms with Gasteiger partial charge in [0.05, 0.1) is 13.2 Å².